The standard InChI is InChI=1S/C15H15N3OS2/c1-10(20-2)14(19)18-15-17-9-13(21-15)7-11-3-5-12(8-16)6-4-11/h3-6,9-10H,7H2,1-2H3,(H,17,18,19). The third-order valence-corrected chi connectivity index (χ3v) is 4.80. The summed E-state index contributed by atoms with van der Waals surface area (Å²) < 4.78 is 0. The van der Waals surface area contributed by atoms with E-state index in [1.807, 2.05) is 25.3 Å². The number of benzene rings is 1. The first kappa shape index (κ1) is 15.5. The van der Waals surface area contributed by atoms with Gasteiger partial charge in [-0.25, -0.2) is 4.98 Å². The lowest BCUT2D eigenvalue weighted by Gasteiger charge is -2.06. The quantitative estimate of drug-likeness (QED) is 0.919. The summed E-state index contributed by atoms with van der Waals surface area (Å²) in [5, 5.41) is 12.1. The third-order valence-electron chi connectivity index (χ3n) is 2.97. The fourth-order valence-electron chi connectivity index (χ4n) is 1.66. The number of carbonyl (C=O) groups is 1. The molecule has 0 bridgehead atoms. The van der Waals surface area contributed by atoms with Gasteiger partial charge in [0.1, 0.15) is 0 Å². The molecule has 0 radical (unpaired) electrons. The Morgan fingerprint density at radius 1 is 1.48 bits per heavy atom. The molecule has 0 spiro atoms. The van der Waals surface area contributed by atoms with Crippen molar-refractivity contribution in [3.63, 3.8) is 0 Å². The molecule has 21 heavy (non-hydrogen) atoms. The summed E-state index contributed by atoms with van der Waals surface area (Å²) >= 11 is 2.98. The van der Waals surface area contributed by atoms with Crippen molar-refractivity contribution in [3.05, 3.63) is 46.5 Å². The molecular formula is C15H15N3OS2. The van der Waals surface area contributed by atoms with Crippen LogP contribution in [0.25, 0.3) is 0 Å². The summed E-state index contributed by atoms with van der Waals surface area (Å²) in [7, 11) is 0. The Labute approximate surface area is 132 Å². The summed E-state index contributed by atoms with van der Waals surface area (Å²) in [5.41, 5.74) is 1.77. The molecule has 2 rings (SSSR count). The molecule has 1 heterocycles. The summed E-state index contributed by atoms with van der Waals surface area (Å²) in [4.78, 5) is 17.1. The first-order chi connectivity index (χ1) is 10.1. The largest absolute Gasteiger partial charge is 0.301 e. The summed E-state index contributed by atoms with van der Waals surface area (Å²) in [6.07, 6.45) is 4.43. The number of anilines is 1. The molecule has 1 atom stereocenters. The molecule has 1 unspecified atom stereocenters. The van der Waals surface area contributed by atoms with Gasteiger partial charge < -0.3 is 5.32 Å². The van der Waals surface area contributed by atoms with Gasteiger partial charge in [0.15, 0.2) is 5.13 Å². The summed E-state index contributed by atoms with van der Waals surface area (Å²) in [5.74, 6) is -0.0261. The molecule has 0 aliphatic rings. The first-order valence-corrected chi connectivity index (χ1v) is 8.50. The molecule has 2 aromatic rings. The summed E-state index contributed by atoms with van der Waals surface area (Å²) in [6, 6.07) is 9.58. The van der Waals surface area contributed by atoms with Crippen molar-refractivity contribution >= 4 is 34.1 Å². The van der Waals surface area contributed by atoms with Crippen LogP contribution >= 0.6 is 23.1 Å². The number of amides is 1. The van der Waals surface area contributed by atoms with Crippen molar-refractivity contribution in [1.29, 1.82) is 5.26 Å². The summed E-state index contributed by atoms with van der Waals surface area (Å²) in [6.45, 7) is 1.87. The maximum Gasteiger partial charge on any atom is 0.238 e. The Morgan fingerprint density at radius 2 is 2.19 bits per heavy atom. The second-order valence-electron chi connectivity index (χ2n) is 4.48. The van der Waals surface area contributed by atoms with Crippen LogP contribution in [0.3, 0.4) is 0 Å². The highest BCUT2D eigenvalue weighted by Crippen LogP contribution is 2.22. The van der Waals surface area contributed by atoms with Crippen LogP contribution in [0.4, 0.5) is 5.13 Å². The van der Waals surface area contributed by atoms with Crippen LogP contribution in [0.15, 0.2) is 30.5 Å². The van der Waals surface area contributed by atoms with Crippen molar-refractivity contribution in [1.82, 2.24) is 4.98 Å². The number of thioether (sulfide) groups is 1. The molecule has 0 fully saturated rings. The van der Waals surface area contributed by atoms with E-state index in [-0.39, 0.29) is 11.2 Å². The molecule has 0 aliphatic carbocycles. The van der Waals surface area contributed by atoms with Gasteiger partial charge in [-0.1, -0.05) is 12.1 Å². The highest BCUT2D eigenvalue weighted by Gasteiger charge is 2.13. The van der Waals surface area contributed by atoms with Gasteiger partial charge in [-0.15, -0.1) is 11.3 Å². The topological polar surface area (TPSA) is 65.8 Å². The Morgan fingerprint density at radius 3 is 2.81 bits per heavy atom. The maximum absolute atomic E-state index is 11.8. The lowest BCUT2D eigenvalue weighted by atomic mass is 10.1. The van der Waals surface area contributed by atoms with Gasteiger partial charge in [-0.2, -0.15) is 17.0 Å². The first-order valence-electron chi connectivity index (χ1n) is 6.39. The minimum atomic E-state index is -0.0872. The average molecular weight is 317 g/mol. The Kier molecular flexibility index (Phi) is 5.37. The number of nitrogens with one attached hydrogen (secondary N) is 1. The van der Waals surface area contributed by atoms with E-state index >= 15 is 0 Å². The van der Waals surface area contributed by atoms with Crippen LogP contribution in [0.2, 0.25) is 0 Å². The van der Waals surface area contributed by atoms with Gasteiger partial charge >= 0.3 is 0 Å². The molecule has 6 heteroatoms. The zero-order valence-corrected chi connectivity index (χ0v) is 13.4. The minimum absolute atomic E-state index is 0.0261. The normalized spacial score (nSPS) is 11.7. The average Bonchev–Trinajstić information content (AvgIpc) is 2.94. The second kappa shape index (κ2) is 7.25. The van der Waals surface area contributed by atoms with Crippen LogP contribution in [0.5, 0.6) is 0 Å². The Balaban J connectivity index is 1.99. The monoisotopic (exact) mass is 317 g/mol. The fraction of sp³-hybridized carbons (Fsp3) is 0.267. The van der Waals surface area contributed by atoms with E-state index in [4.69, 9.17) is 5.26 Å². The zero-order valence-electron chi connectivity index (χ0n) is 11.8. The van der Waals surface area contributed by atoms with E-state index in [0.717, 1.165) is 16.9 Å². The maximum atomic E-state index is 11.8. The van der Waals surface area contributed by atoms with Crippen molar-refractivity contribution in [2.45, 2.75) is 18.6 Å². The van der Waals surface area contributed by atoms with Crippen LogP contribution in [-0.4, -0.2) is 22.4 Å². The zero-order chi connectivity index (χ0) is 15.2. The van der Waals surface area contributed by atoms with Crippen molar-refractivity contribution < 1.29 is 4.79 Å². The lowest BCUT2D eigenvalue weighted by molar-refractivity contribution is -0.115. The van der Waals surface area contributed by atoms with E-state index in [0.29, 0.717) is 10.7 Å². The number of rotatable bonds is 5. The number of hydrogen-bond donors (Lipinski definition) is 1. The van der Waals surface area contributed by atoms with Gasteiger partial charge in [0, 0.05) is 17.5 Å². The molecule has 1 N–H and O–H groups in total. The Bertz CT molecular complexity index is 658. The fourth-order valence-corrected chi connectivity index (χ4v) is 2.78. The van der Waals surface area contributed by atoms with E-state index in [1.54, 1.807) is 18.3 Å². The number of nitriles is 1. The molecule has 0 saturated carbocycles. The van der Waals surface area contributed by atoms with Crippen LogP contribution in [-0.2, 0) is 11.2 Å². The molecule has 0 saturated heterocycles. The highest BCUT2D eigenvalue weighted by atomic mass is 32.2. The van der Waals surface area contributed by atoms with Gasteiger partial charge in [-0.05, 0) is 30.9 Å². The van der Waals surface area contributed by atoms with Gasteiger partial charge in [-0.3, -0.25) is 4.79 Å². The predicted molar refractivity (Wildman–Crippen MR) is 87.7 cm³/mol. The SMILES string of the molecule is CSC(C)C(=O)Nc1ncc(Cc2ccc(C#N)cc2)s1. The molecule has 4 nitrogen and oxygen atoms in total. The van der Waals surface area contributed by atoms with E-state index in [9.17, 15) is 4.79 Å². The number of hydrogen-bond acceptors (Lipinski definition) is 5. The third kappa shape index (κ3) is 4.31. The Hall–Kier alpha value is -1.84. The van der Waals surface area contributed by atoms with Gasteiger partial charge in [0.25, 0.3) is 0 Å². The predicted octanol–water partition coefficient (Wildman–Crippen LogP) is 3.30. The van der Waals surface area contributed by atoms with Gasteiger partial charge in [0.05, 0.1) is 16.9 Å². The minimum Gasteiger partial charge on any atom is -0.301 e. The highest BCUT2D eigenvalue weighted by molar-refractivity contribution is 7.99. The molecule has 0 aliphatic heterocycles. The van der Waals surface area contributed by atoms with Crippen LogP contribution in [0.1, 0.15) is 22.9 Å². The van der Waals surface area contributed by atoms with E-state index in [1.165, 1.54) is 23.1 Å². The molecule has 1 aromatic heterocycles. The smallest absolute Gasteiger partial charge is 0.238 e. The number of nitrogens with zero attached hydrogens (tertiary/aromatic N) is 2. The number of aromatic nitrogens is 1. The number of thiazole rings is 1. The van der Waals surface area contributed by atoms with Crippen molar-refractivity contribution in [3.8, 4) is 6.07 Å². The van der Waals surface area contributed by atoms with Gasteiger partial charge in [0.2, 0.25) is 5.91 Å². The number of carbonyl (C=O) groups excluding carboxylic acids is 1. The lowest BCUT2D eigenvalue weighted by Crippen LogP contribution is -2.21. The second-order valence-corrected chi connectivity index (χ2v) is 6.78. The van der Waals surface area contributed by atoms with E-state index in [2.05, 4.69) is 16.4 Å². The molecule has 108 valence electrons. The molecule has 1 aromatic carbocycles. The van der Waals surface area contributed by atoms with E-state index < -0.39 is 0 Å². The van der Waals surface area contributed by atoms with Crippen molar-refractivity contribution in [2.75, 3.05) is 11.6 Å². The molecule has 1 amide bonds. The molecular weight excluding hydrogens is 302 g/mol. The van der Waals surface area contributed by atoms with Crippen LogP contribution < -0.4 is 5.32 Å². The van der Waals surface area contributed by atoms with Crippen molar-refractivity contribution in [2.24, 2.45) is 0 Å². The van der Waals surface area contributed by atoms with Crippen LogP contribution in [0, 0.1) is 11.3 Å².